The van der Waals surface area contributed by atoms with E-state index < -0.39 is 66.8 Å². The fourth-order valence-corrected chi connectivity index (χ4v) is 4.87. The van der Waals surface area contributed by atoms with Gasteiger partial charge in [0.2, 0.25) is 10.0 Å². The molecule has 1 fully saturated rings. The van der Waals surface area contributed by atoms with Crippen LogP contribution in [0.15, 0.2) is 29.2 Å². The summed E-state index contributed by atoms with van der Waals surface area (Å²) in [6, 6.07) is 1.54. The van der Waals surface area contributed by atoms with Crippen LogP contribution in [-0.2, 0) is 10.0 Å². The average Bonchev–Trinajstić information content (AvgIpc) is 2.65. The third-order valence-corrected chi connectivity index (χ3v) is 6.58. The summed E-state index contributed by atoms with van der Waals surface area (Å²) in [6.45, 7) is 0. The Hall–Kier alpha value is -2.21. The molecule has 1 saturated carbocycles. The van der Waals surface area contributed by atoms with Gasteiger partial charge in [-0.25, -0.2) is 30.7 Å². The Morgan fingerprint density at radius 1 is 1.03 bits per heavy atom. The van der Waals surface area contributed by atoms with Crippen LogP contribution in [0.2, 0.25) is 5.02 Å². The van der Waals surface area contributed by atoms with Crippen LogP contribution < -0.4 is 10.0 Å². The van der Waals surface area contributed by atoms with Crippen molar-refractivity contribution in [3.8, 4) is 0 Å². The first-order chi connectivity index (χ1) is 14.5. The van der Waals surface area contributed by atoms with E-state index in [1.54, 1.807) is 0 Å². The molecule has 2 atom stereocenters. The second-order valence-electron chi connectivity index (χ2n) is 7.11. The van der Waals surface area contributed by atoms with Gasteiger partial charge < -0.3 is 10.4 Å². The molecule has 1 aliphatic carbocycles. The second kappa shape index (κ2) is 9.11. The van der Waals surface area contributed by atoms with E-state index in [1.165, 1.54) is 0 Å². The lowest BCUT2D eigenvalue weighted by atomic mass is 9.94. The van der Waals surface area contributed by atoms with Crippen molar-refractivity contribution in [2.75, 3.05) is 5.32 Å². The highest BCUT2D eigenvalue weighted by molar-refractivity contribution is 7.89. The molecule has 0 heterocycles. The molecule has 31 heavy (non-hydrogen) atoms. The van der Waals surface area contributed by atoms with Gasteiger partial charge in [0, 0.05) is 23.9 Å². The fraction of sp³-hybridized carbons (Fsp3) is 0.316. The van der Waals surface area contributed by atoms with Crippen molar-refractivity contribution in [3.63, 3.8) is 0 Å². The van der Waals surface area contributed by atoms with Crippen LogP contribution in [0.3, 0.4) is 0 Å². The van der Waals surface area contributed by atoms with Gasteiger partial charge in [-0.1, -0.05) is 11.6 Å². The third kappa shape index (κ3) is 5.35. The van der Waals surface area contributed by atoms with E-state index in [4.69, 9.17) is 11.6 Å². The van der Waals surface area contributed by atoms with Crippen LogP contribution in [0.1, 0.15) is 36.0 Å². The van der Waals surface area contributed by atoms with E-state index >= 15 is 0 Å². The van der Waals surface area contributed by atoms with Gasteiger partial charge >= 0.3 is 0 Å². The minimum Gasteiger partial charge on any atom is -0.393 e. The van der Waals surface area contributed by atoms with Crippen molar-refractivity contribution >= 4 is 33.2 Å². The molecule has 0 aromatic heterocycles. The van der Waals surface area contributed by atoms with Gasteiger partial charge in [0.1, 0.15) is 16.5 Å². The summed E-state index contributed by atoms with van der Waals surface area (Å²) in [4.78, 5) is 11.4. The average molecular weight is 481 g/mol. The largest absolute Gasteiger partial charge is 0.393 e. The van der Waals surface area contributed by atoms with Crippen molar-refractivity contribution in [3.05, 3.63) is 58.1 Å². The van der Waals surface area contributed by atoms with E-state index in [9.17, 15) is 35.9 Å². The Morgan fingerprint density at radius 2 is 1.74 bits per heavy atom. The predicted molar refractivity (Wildman–Crippen MR) is 104 cm³/mol. The molecular formula is C19H17ClF4N2O4S. The summed E-state index contributed by atoms with van der Waals surface area (Å²) in [5.41, 5.74) is -1.16. The first kappa shape index (κ1) is 23.5. The van der Waals surface area contributed by atoms with Crippen molar-refractivity contribution < 1.29 is 35.9 Å². The summed E-state index contributed by atoms with van der Waals surface area (Å²) in [5.74, 6) is -6.74. The molecule has 1 amide bonds. The standard InChI is InChI=1S/C19H17ClF4N2O4S/c20-13-5-10(6-16(23)18(13)24)25-19(28)12-7-17(15(22)8-14(12)21)31(29,30)26-9-2-1-3-11(27)4-9/h5-9,11,26-27H,1-4H2,(H,25,28). The molecule has 0 saturated heterocycles. The monoisotopic (exact) mass is 480 g/mol. The fourth-order valence-electron chi connectivity index (χ4n) is 3.29. The number of anilines is 1. The van der Waals surface area contributed by atoms with Crippen LogP contribution in [0, 0.1) is 23.3 Å². The number of sulfonamides is 1. The van der Waals surface area contributed by atoms with Gasteiger partial charge in [0.25, 0.3) is 5.91 Å². The number of carbonyl (C=O) groups excluding carboxylic acids is 1. The number of hydrogen-bond donors (Lipinski definition) is 3. The number of halogens is 5. The van der Waals surface area contributed by atoms with Gasteiger partial charge in [0.05, 0.1) is 16.7 Å². The van der Waals surface area contributed by atoms with Crippen LogP contribution in [0.25, 0.3) is 0 Å². The number of nitrogens with one attached hydrogen (secondary N) is 2. The molecule has 6 nitrogen and oxygen atoms in total. The third-order valence-electron chi connectivity index (χ3n) is 4.77. The number of carbonyl (C=O) groups is 1. The zero-order valence-corrected chi connectivity index (χ0v) is 17.3. The maximum absolute atomic E-state index is 14.2. The molecule has 12 heteroatoms. The molecule has 0 radical (unpaired) electrons. The smallest absolute Gasteiger partial charge is 0.258 e. The lowest BCUT2D eigenvalue weighted by molar-refractivity contribution is 0.102. The first-order valence-corrected chi connectivity index (χ1v) is 11.0. The zero-order valence-electron chi connectivity index (χ0n) is 15.8. The van der Waals surface area contributed by atoms with Gasteiger partial charge in [-0.05, 0) is 37.8 Å². The topological polar surface area (TPSA) is 95.5 Å². The molecule has 0 aliphatic heterocycles. The van der Waals surface area contributed by atoms with E-state index in [0.717, 1.165) is 6.07 Å². The van der Waals surface area contributed by atoms with Gasteiger partial charge in [-0.15, -0.1) is 0 Å². The zero-order chi connectivity index (χ0) is 22.9. The summed E-state index contributed by atoms with van der Waals surface area (Å²) < 4.78 is 82.6. The van der Waals surface area contributed by atoms with E-state index in [-0.39, 0.29) is 18.2 Å². The van der Waals surface area contributed by atoms with Crippen LogP contribution in [0.4, 0.5) is 23.2 Å². The molecule has 168 valence electrons. The van der Waals surface area contributed by atoms with Crippen molar-refractivity contribution in [2.24, 2.45) is 0 Å². The molecule has 1 aliphatic rings. The van der Waals surface area contributed by atoms with Crippen molar-refractivity contribution in [1.82, 2.24) is 4.72 Å². The maximum Gasteiger partial charge on any atom is 0.258 e. The molecule has 2 unspecified atom stereocenters. The molecule has 2 aromatic carbocycles. The lowest BCUT2D eigenvalue weighted by Crippen LogP contribution is -2.40. The van der Waals surface area contributed by atoms with Crippen LogP contribution >= 0.6 is 11.6 Å². The Kier molecular flexibility index (Phi) is 6.89. The minimum atomic E-state index is -4.49. The molecule has 2 aromatic rings. The van der Waals surface area contributed by atoms with Crippen molar-refractivity contribution in [1.29, 1.82) is 0 Å². The molecule has 0 spiro atoms. The SMILES string of the molecule is O=C(Nc1cc(F)c(F)c(Cl)c1)c1cc(S(=O)(=O)NC2CCCC(O)C2)c(F)cc1F. The Labute approximate surface area is 180 Å². The first-order valence-electron chi connectivity index (χ1n) is 9.13. The summed E-state index contributed by atoms with van der Waals surface area (Å²) >= 11 is 5.49. The second-order valence-corrected chi connectivity index (χ2v) is 9.20. The van der Waals surface area contributed by atoms with Gasteiger partial charge in [-0.2, -0.15) is 0 Å². The van der Waals surface area contributed by atoms with Gasteiger partial charge in [0.15, 0.2) is 11.6 Å². The predicted octanol–water partition coefficient (Wildman–Crippen LogP) is 3.73. The van der Waals surface area contributed by atoms with E-state index in [1.807, 2.05) is 0 Å². The quantitative estimate of drug-likeness (QED) is 0.449. The number of rotatable bonds is 5. The normalized spacial score (nSPS) is 19.3. The number of amides is 1. The van der Waals surface area contributed by atoms with E-state index in [2.05, 4.69) is 10.0 Å². The number of aliphatic hydroxyl groups excluding tert-OH is 1. The molecule has 0 bridgehead atoms. The van der Waals surface area contributed by atoms with Crippen molar-refractivity contribution in [2.45, 2.75) is 42.7 Å². The maximum atomic E-state index is 14.2. The van der Waals surface area contributed by atoms with Gasteiger partial charge in [-0.3, -0.25) is 4.79 Å². The highest BCUT2D eigenvalue weighted by Gasteiger charge is 2.29. The molecule has 3 rings (SSSR count). The lowest BCUT2D eigenvalue weighted by Gasteiger charge is -2.26. The number of benzene rings is 2. The molecule has 3 N–H and O–H groups in total. The number of aliphatic hydroxyl groups is 1. The summed E-state index contributed by atoms with van der Waals surface area (Å²) in [6.07, 6.45) is 0.922. The van der Waals surface area contributed by atoms with E-state index in [0.29, 0.717) is 31.4 Å². The summed E-state index contributed by atoms with van der Waals surface area (Å²) in [5, 5.41) is 11.1. The van der Waals surface area contributed by atoms with Crippen LogP contribution in [-0.4, -0.2) is 31.6 Å². The highest BCUT2D eigenvalue weighted by atomic mass is 35.5. The minimum absolute atomic E-state index is 0.131. The summed E-state index contributed by atoms with van der Waals surface area (Å²) in [7, 11) is -4.49. The van der Waals surface area contributed by atoms with Crippen LogP contribution in [0.5, 0.6) is 0 Å². The Balaban J connectivity index is 1.89. The Bertz CT molecular complexity index is 1110. The highest BCUT2D eigenvalue weighted by Crippen LogP contribution is 2.26. The number of hydrogen-bond acceptors (Lipinski definition) is 4. The molecular weight excluding hydrogens is 464 g/mol. The Morgan fingerprint density at radius 3 is 2.39 bits per heavy atom.